The van der Waals surface area contributed by atoms with Crippen LogP contribution in [0.25, 0.3) is 0 Å². The fraction of sp³-hybridized carbons (Fsp3) is 0.933. The van der Waals surface area contributed by atoms with E-state index in [1.165, 1.54) is 19.3 Å². The summed E-state index contributed by atoms with van der Waals surface area (Å²) in [6.45, 7) is 7.75. The number of methoxy groups -OCH3 is 1. The van der Waals surface area contributed by atoms with Gasteiger partial charge in [0.1, 0.15) is 0 Å². The summed E-state index contributed by atoms with van der Waals surface area (Å²) in [6, 6.07) is 0. The van der Waals surface area contributed by atoms with Crippen LogP contribution in [0.5, 0.6) is 0 Å². The lowest BCUT2D eigenvalue weighted by molar-refractivity contribution is -0.131. The number of carbonyl (C=O) groups is 1. The molecular weight excluding hydrogens is 254 g/mol. The number of rotatable bonds is 7. The van der Waals surface area contributed by atoms with Crippen LogP contribution in [-0.2, 0) is 9.53 Å². The van der Waals surface area contributed by atoms with Crippen LogP contribution in [0.3, 0.4) is 0 Å². The summed E-state index contributed by atoms with van der Waals surface area (Å²) in [5, 5.41) is 0. The van der Waals surface area contributed by atoms with Crippen LogP contribution in [-0.4, -0.2) is 87.2 Å². The van der Waals surface area contributed by atoms with E-state index < -0.39 is 0 Å². The Morgan fingerprint density at radius 3 is 2.70 bits per heavy atom. The molecule has 116 valence electrons. The van der Waals surface area contributed by atoms with Crippen LogP contribution in [0.15, 0.2) is 0 Å². The van der Waals surface area contributed by atoms with Gasteiger partial charge in [0.2, 0.25) is 5.91 Å². The van der Waals surface area contributed by atoms with Crippen molar-refractivity contribution in [1.29, 1.82) is 0 Å². The van der Waals surface area contributed by atoms with Gasteiger partial charge in [0.25, 0.3) is 0 Å². The summed E-state index contributed by atoms with van der Waals surface area (Å²) >= 11 is 0. The standard InChI is InChI=1S/C15H29N3O2/c1-16(15(19)13-17-6-3-4-7-17)11-14-5-8-18(12-14)9-10-20-2/h14H,3-13H2,1-2H3. The molecule has 0 bridgehead atoms. The van der Waals surface area contributed by atoms with E-state index in [0.29, 0.717) is 12.5 Å². The minimum atomic E-state index is 0.280. The molecule has 20 heavy (non-hydrogen) atoms. The van der Waals surface area contributed by atoms with Crippen molar-refractivity contribution in [2.45, 2.75) is 19.3 Å². The maximum atomic E-state index is 12.2. The molecule has 0 aromatic heterocycles. The van der Waals surface area contributed by atoms with Gasteiger partial charge in [-0.2, -0.15) is 0 Å². The Balaban J connectivity index is 1.66. The molecule has 2 aliphatic rings. The Morgan fingerprint density at radius 1 is 1.25 bits per heavy atom. The van der Waals surface area contributed by atoms with Gasteiger partial charge in [-0.1, -0.05) is 0 Å². The molecule has 5 nitrogen and oxygen atoms in total. The Bertz CT molecular complexity index is 305. The van der Waals surface area contributed by atoms with Crippen LogP contribution in [0.1, 0.15) is 19.3 Å². The van der Waals surface area contributed by atoms with Crippen LogP contribution in [0.4, 0.5) is 0 Å². The molecule has 2 heterocycles. The Kier molecular flexibility index (Phi) is 6.26. The van der Waals surface area contributed by atoms with Gasteiger partial charge < -0.3 is 14.5 Å². The maximum Gasteiger partial charge on any atom is 0.236 e. The number of ether oxygens (including phenoxy) is 1. The number of likely N-dealkylation sites (N-methyl/N-ethyl adjacent to an activating group) is 1. The molecule has 2 fully saturated rings. The van der Waals surface area contributed by atoms with Gasteiger partial charge in [-0.3, -0.25) is 9.69 Å². The number of carbonyl (C=O) groups excluding carboxylic acids is 1. The van der Waals surface area contributed by atoms with E-state index >= 15 is 0 Å². The molecule has 2 rings (SSSR count). The highest BCUT2D eigenvalue weighted by atomic mass is 16.5. The number of likely N-dealkylation sites (tertiary alicyclic amines) is 2. The lowest BCUT2D eigenvalue weighted by Gasteiger charge is -2.24. The van der Waals surface area contributed by atoms with Crippen LogP contribution in [0.2, 0.25) is 0 Å². The highest BCUT2D eigenvalue weighted by Gasteiger charge is 2.25. The zero-order chi connectivity index (χ0) is 14.4. The molecular formula is C15H29N3O2. The molecule has 0 N–H and O–H groups in total. The van der Waals surface area contributed by atoms with Gasteiger partial charge in [0.15, 0.2) is 0 Å². The summed E-state index contributed by atoms with van der Waals surface area (Å²) in [4.78, 5) is 18.8. The highest BCUT2D eigenvalue weighted by molar-refractivity contribution is 5.78. The first-order chi connectivity index (χ1) is 9.69. The van der Waals surface area contributed by atoms with Crippen LogP contribution < -0.4 is 0 Å². The van der Waals surface area contributed by atoms with E-state index in [9.17, 15) is 4.79 Å². The van der Waals surface area contributed by atoms with Crippen molar-refractivity contribution in [1.82, 2.24) is 14.7 Å². The fourth-order valence-electron chi connectivity index (χ4n) is 3.23. The first-order valence-electron chi connectivity index (χ1n) is 7.86. The number of amides is 1. The fourth-order valence-corrected chi connectivity index (χ4v) is 3.23. The smallest absolute Gasteiger partial charge is 0.236 e. The zero-order valence-corrected chi connectivity index (χ0v) is 13.0. The van der Waals surface area contributed by atoms with Gasteiger partial charge in [-0.25, -0.2) is 0 Å². The molecule has 0 aromatic carbocycles. The van der Waals surface area contributed by atoms with Crippen molar-refractivity contribution in [2.24, 2.45) is 5.92 Å². The molecule has 0 radical (unpaired) electrons. The van der Waals surface area contributed by atoms with Crippen molar-refractivity contribution in [2.75, 3.05) is 66.6 Å². The van der Waals surface area contributed by atoms with Gasteiger partial charge in [-0.15, -0.1) is 0 Å². The molecule has 1 atom stereocenters. The molecule has 2 aliphatic heterocycles. The first kappa shape index (κ1) is 15.7. The van der Waals surface area contributed by atoms with Gasteiger partial charge in [0, 0.05) is 33.8 Å². The molecule has 2 saturated heterocycles. The van der Waals surface area contributed by atoms with E-state index in [2.05, 4.69) is 9.80 Å². The number of hydrogen-bond donors (Lipinski definition) is 0. The van der Waals surface area contributed by atoms with Crippen LogP contribution >= 0.6 is 0 Å². The summed E-state index contributed by atoms with van der Waals surface area (Å²) in [5.74, 6) is 0.904. The van der Waals surface area contributed by atoms with E-state index in [1.54, 1.807) is 7.11 Å². The monoisotopic (exact) mass is 283 g/mol. The number of hydrogen-bond acceptors (Lipinski definition) is 4. The largest absolute Gasteiger partial charge is 0.383 e. The average molecular weight is 283 g/mol. The first-order valence-corrected chi connectivity index (χ1v) is 7.86. The van der Waals surface area contributed by atoms with Gasteiger partial charge >= 0.3 is 0 Å². The Labute approximate surface area is 122 Å². The van der Waals surface area contributed by atoms with Crippen molar-refractivity contribution in [3.05, 3.63) is 0 Å². The summed E-state index contributed by atoms with van der Waals surface area (Å²) in [7, 11) is 3.70. The molecule has 0 aromatic rings. The zero-order valence-electron chi connectivity index (χ0n) is 13.0. The van der Waals surface area contributed by atoms with Crippen molar-refractivity contribution < 1.29 is 9.53 Å². The van der Waals surface area contributed by atoms with E-state index in [0.717, 1.165) is 45.9 Å². The third kappa shape index (κ3) is 4.72. The van der Waals surface area contributed by atoms with Gasteiger partial charge in [0.05, 0.1) is 13.2 Å². The second-order valence-corrected chi connectivity index (χ2v) is 6.21. The Morgan fingerprint density at radius 2 is 2.00 bits per heavy atom. The minimum Gasteiger partial charge on any atom is -0.383 e. The third-order valence-corrected chi connectivity index (χ3v) is 4.50. The van der Waals surface area contributed by atoms with Crippen molar-refractivity contribution in [3.8, 4) is 0 Å². The van der Waals surface area contributed by atoms with Gasteiger partial charge in [-0.05, 0) is 44.8 Å². The summed E-state index contributed by atoms with van der Waals surface area (Å²) in [6.07, 6.45) is 3.69. The maximum absolute atomic E-state index is 12.2. The molecule has 1 amide bonds. The predicted octanol–water partition coefficient (Wildman–Crippen LogP) is 0.509. The molecule has 0 aliphatic carbocycles. The topological polar surface area (TPSA) is 36.0 Å². The van der Waals surface area contributed by atoms with E-state index in [-0.39, 0.29) is 5.91 Å². The molecule has 0 spiro atoms. The predicted molar refractivity (Wildman–Crippen MR) is 79.7 cm³/mol. The second-order valence-electron chi connectivity index (χ2n) is 6.21. The highest BCUT2D eigenvalue weighted by Crippen LogP contribution is 2.17. The second kappa shape index (κ2) is 7.96. The third-order valence-electron chi connectivity index (χ3n) is 4.50. The summed E-state index contributed by atoms with van der Waals surface area (Å²) in [5.41, 5.74) is 0. The van der Waals surface area contributed by atoms with E-state index in [4.69, 9.17) is 4.74 Å². The Hall–Kier alpha value is -0.650. The molecule has 0 saturated carbocycles. The van der Waals surface area contributed by atoms with E-state index in [1.807, 2.05) is 11.9 Å². The SMILES string of the molecule is COCCN1CCC(CN(C)C(=O)CN2CCCC2)C1. The quantitative estimate of drug-likeness (QED) is 0.682. The summed E-state index contributed by atoms with van der Waals surface area (Å²) < 4.78 is 5.12. The van der Waals surface area contributed by atoms with Crippen LogP contribution in [0, 0.1) is 5.92 Å². The van der Waals surface area contributed by atoms with Crippen molar-refractivity contribution in [3.63, 3.8) is 0 Å². The van der Waals surface area contributed by atoms with Crippen molar-refractivity contribution >= 4 is 5.91 Å². The molecule has 1 unspecified atom stereocenters. The lowest BCUT2D eigenvalue weighted by atomic mass is 10.1. The average Bonchev–Trinajstić information content (AvgIpc) is 3.08. The normalized spacial score (nSPS) is 24.4. The molecule has 5 heteroatoms. The minimum absolute atomic E-state index is 0.280. The lowest BCUT2D eigenvalue weighted by Crippen LogP contribution is -2.40. The number of nitrogens with zero attached hydrogens (tertiary/aromatic N) is 3.